The van der Waals surface area contributed by atoms with Gasteiger partial charge in [0.25, 0.3) is 0 Å². The van der Waals surface area contributed by atoms with Crippen molar-refractivity contribution in [1.82, 2.24) is 9.80 Å². The van der Waals surface area contributed by atoms with E-state index in [1.165, 1.54) is 37.4 Å². The molecule has 2 aliphatic rings. The number of rotatable bonds is 3. The van der Waals surface area contributed by atoms with Crippen molar-refractivity contribution in [3.63, 3.8) is 0 Å². The fourth-order valence-electron chi connectivity index (χ4n) is 3.39. The molecule has 0 aromatic carbocycles. The molecular weight excluding hydrogens is 230 g/mol. The third-order valence-electron chi connectivity index (χ3n) is 4.59. The molecule has 3 nitrogen and oxygen atoms in total. The molecule has 0 spiro atoms. The molecule has 0 amide bonds. The van der Waals surface area contributed by atoms with Gasteiger partial charge >= 0.3 is 0 Å². The number of nitrogens with zero attached hydrogens (tertiary/aromatic N) is 2. The number of likely N-dealkylation sites (tertiary alicyclic amines) is 1. The highest BCUT2D eigenvalue weighted by molar-refractivity contribution is 7.99. The standard InChI is InChI=1S/C13H27N3S/c1-11-7-16(8-12(11)15(2)3)13(9-14)5-4-6-17-10-13/h11-12H,4-10,14H2,1-3H3. The first-order chi connectivity index (χ1) is 8.09. The zero-order valence-electron chi connectivity index (χ0n) is 11.5. The highest BCUT2D eigenvalue weighted by Crippen LogP contribution is 2.35. The Morgan fingerprint density at radius 1 is 1.41 bits per heavy atom. The Morgan fingerprint density at radius 3 is 2.65 bits per heavy atom. The van der Waals surface area contributed by atoms with Gasteiger partial charge in [0, 0.05) is 37.0 Å². The zero-order valence-corrected chi connectivity index (χ0v) is 12.3. The van der Waals surface area contributed by atoms with E-state index >= 15 is 0 Å². The Bertz CT molecular complexity index is 251. The molecule has 0 aromatic heterocycles. The molecule has 2 aliphatic heterocycles. The van der Waals surface area contributed by atoms with Crippen LogP contribution in [0.2, 0.25) is 0 Å². The van der Waals surface area contributed by atoms with Crippen molar-refractivity contribution in [3.8, 4) is 0 Å². The van der Waals surface area contributed by atoms with Gasteiger partial charge in [0.05, 0.1) is 0 Å². The summed E-state index contributed by atoms with van der Waals surface area (Å²) in [6.45, 7) is 5.63. The predicted molar refractivity (Wildman–Crippen MR) is 76.6 cm³/mol. The van der Waals surface area contributed by atoms with Crippen LogP contribution in [0.5, 0.6) is 0 Å². The lowest BCUT2D eigenvalue weighted by Crippen LogP contribution is -2.56. The fraction of sp³-hybridized carbons (Fsp3) is 1.00. The summed E-state index contributed by atoms with van der Waals surface area (Å²) >= 11 is 2.09. The van der Waals surface area contributed by atoms with Crippen molar-refractivity contribution in [2.24, 2.45) is 11.7 Å². The normalized spacial score (nSPS) is 40.1. The van der Waals surface area contributed by atoms with Crippen LogP contribution in [0.3, 0.4) is 0 Å². The van der Waals surface area contributed by atoms with E-state index in [0.717, 1.165) is 12.5 Å². The summed E-state index contributed by atoms with van der Waals surface area (Å²) in [6.07, 6.45) is 2.63. The average molecular weight is 257 g/mol. The lowest BCUT2D eigenvalue weighted by molar-refractivity contribution is 0.122. The average Bonchev–Trinajstić information content (AvgIpc) is 2.73. The van der Waals surface area contributed by atoms with E-state index in [2.05, 4.69) is 42.6 Å². The highest BCUT2D eigenvalue weighted by atomic mass is 32.2. The van der Waals surface area contributed by atoms with Gasteiger partial charge < -0.3 is 10.6 Å². The van der Waals surface area contributed by atoms with Gasteiger partial charge in [-0.05, 0) is 38.6 Å². The maximum atomic E-state index is 6.12. The first-order valence-corrected chi connectivity index (χ1v) is 7.94. The van der Waals surface area contributed by atoms with Crippen LogP contribution < -0.4 is 5.73 Å². The fourth-order valence-corrected chi connectivity index (χ4v) is 4.70. The summed E-state index contributed by atoms with van der Waals surface area (Å²) in [5, 5.41) is 0. The molecule has 2 saturated heterocycles. The van der Waals surface area contributed by atoms with E-state index in [0.29, 0.717) is 11.6 Å². The van der Waals surface area contributed by atoms with E-state index in [-0.39, 0.29) is 0 Å². The van der Waals surface area contributed by atoms with E-state index in [1.54, 1.807) is 0 Å². The minimum atomic E-state index is 0.294. The molecular formula is C13H27N3S. The lowest BCUT2D eigenvalue weighted by atomic mass is 9.93. The summed E-state index contributed by atoms with van der Waals surface area (Å²) in [5.41, 5.74) is 6.41. The second kappa shape index (κ2) is 5.47. The van der Waals surface area contributed by atoms with Crippen LogP contribution in [0.1, 0.15) is 19.8 Å². The first-order valence-electron chi connectivity index (χ1n) is 6.78. The van der Waals surface area contributed by atoms with Crippen LogP contribution >= 0.6 is 11.8 Å². The Labute approximate surface area is 110 Å². The Balaban J connectivity index is 2.06. The van der Waals surface area contributed by atoms with Crippen LogP contribution in [0.15, 0.2) is 0 Å². The molecule has 3 unspecified atom stereocenters. The summed E-state index contributed by atoms with van der Waals surface area (Å²) in [5.74, 6) is 3.32. The van der Waals surface area contributed by atoms with E-state index < -0.39 is 0 Å². The van der Waals surface area contributed by atoms with Crippen molar-refractivity contribution in [3.05, 3.63) is 0 Å². The lowest BCUT2D eigenvalue weighted by Gasteiger charge is -2.44. The monoisotopic (exact) mass is 257 g/mol. The number of nitrogens with two attached hydrogens (primary N) is 1. The molecule has 2 rings (SSSR count). The Kier molecular flexibility index (Phi) is 4.40. The third-order valence-corrected chi connectivity index (χ3v) is 5.91. The third kappa shape index (κ3) is 2.65. The second-order valence-electron chi connectivity index (χ2n) is 6.00. The van der Waals surface area contributed by atoms with E-state index in [4.69, 9.17) is 5.73 Å². The molecule has 4 heteroatoms. The number of hydrogen-bond acceptors (Lipinski definition) is 4. The van der Waals surface area contributed by atoms with Crippen molar-refractivity contribution >= 4 is 11.8 Å². The maximum absolute atomic E-state index is 6.12. The minimum Gasteiger partial charge on any atom is -0.329 e. The van der Waals surface area contributed by atoms with Crippen molar-refractivity contribution in [1.29, 1.82) is 0 Å². The quantitative estimate of drug-likeness (QED) is 0.820. The van der Waals surface area contributed by atoms with Gasteiger partial charge in [0.15, 0.2) is 0 Å². The SMILES string of the molecule is CC1CN(C2(CN)CCCSC2)CC1N(C)C. The number of hydrogen-bond donors (Lipinski definition) is 1. The molecule has 100 valence electrons. The molecule has 0 radical (unpaired) electrons. The summed E-state index contributed by atoms with van der Waals surface area (Å²) in [7, 11) is 4.41. The minimum absolute atomic E-state index is 0.294. The van der Waals surface area contributed by atoms with Crippen molar-refractivity contribution in [2.45, 2.75) is 31.3 Å². The molecule has 0 saturated carbocycles. The molecule has 2 fully saturated rings. The van der Waals surface area contributed by atoms with E-state index in [9.17, 15) is 0 Å². The topological polar surface area (TPSA) is 32.5 Å². The van der Waals surface area contributed by atoms with Gasteiger partial charge in [-0.15, -0.1) is 0 Å². The van der Waals surface area contributed by atoms with E-state index in [1.807, 2.05) is 0 Å². The van der Waals surface area contributed by atoms with Crippen molar-refractivity contribution < 1.29 is 0 Å². The van der Waals surface area contributed by atoms with Gasteiger partial charge in [-0.1, -0.05) is 6.92 Å². The molecule has 0 bridgehead atoms. The largest absolute Gasteiger partial charge is 0.329 e. The molecule has 2 heterocycles. The van der Waals surface area contributed by atoms with Crippen molar-refractivity contribution in [2.75, 3.05) is 45.2 Å². The van der Waals surface area contributed by atoms with Crippen LogP contribution in [0, 0.1) is 5.92 Å². The molecule has 3 atom stereocenters. The molecule has 2 N–H and O–H groups in total. The molecule has 17 heavy (non-hydrogen) atoms. The van der Waals surface area contributed by atoms with Gasteiger partial charge in [0.2, 0.25) is 0 Å². The van der Waals surface area contributed by atoms with Gasteiger partial charge in [-0.3, -0.25) is 4.90 Å². The predicted octanol–water partition coefficient (Wildman–Crippen LogP) is 1.09. The van der Waals surface area contributed by atoms with Gasteiger partial charge in [-0.25, -0.2) is 0 Å². The number of thioether (sulfide) groups is 1. The summed E-state index contributed by atoms with van der Waals surface area (Å²) < 4.78 is 0. The first kappa shape index (κ1) is 13.7. The summed E-state index contributed by atoms with van der Waals surface area (Å²) in [6, 6.07) is 0.699. The smallest absolute Gasteiger partial charge is 0.0422 e. The Hall–Kier alpha value is 0.230. The van der Waals surface area contributed by atoms with Crippen LogP contribution in [0.4, 0.5) is 0 Å². The van der Waals surface area contributed by atoms with Crippen LogP contribution in [-0.2, 0) is 0 Å². The van der Waals surface area contributed by atoms with Gasteiger partial charge in [0.1, 0.15) is 0 Å². The molecule has 0 aliphatic carbocycles. The van der Waals surface area contributed by atoms with Crippen LogP contribution in [-0.4, -0.2) is 66.6 Å². The van der Waals surface area contributed by atoms with Crippen LogP contribution in [0.25, 0.3) is 0 Å². The highest BCUT2D eigenvalue weighted by Gasteiger charge is 2.43. The molecule has 0 aromatic rings. The number of likely N-dealkylation sites (N-methyl/N-ethyl adjacent to an activating group) is 1. The second-order valence-corrected chi connectivity index (χ2v) is 7.10. The Morgan fingerprint density at radius 2 is 2.18 bits per heavy atom. The summed E-state index contributed by atoms with van der Waals surface area (Å²) in [4.78, 5) is 5.07. The van der Waals surface area contributed by atoms with Gasteiger partial charge in [-0.2, -0.15) is 11.8 Å². The maximum Gasteiger partial charge on any atom is 0.0422 e. The zero-order chi connectivity index (χ0) is 12.5.